The second kappa shape index (κ2) is 7.16. The smallest absolute Gasteiger partial charge is 0.109 e. The van der Waals surface area contributed by atoms with E-state index in [0.717, 1.165) is 17.8 Å². The summed E-state index contributed by atoms with van der Waals surface area (Å²) in [5, 5.41) is 0. The summed E-state index contributed by atoms with van der Waals surface area (Å²) in [4.78, 5) is 7.42. The van der Waals surface area contributed by atoms with E-state index >= 15 is 0 Å². The molecule has 3 heterocycles. The Kier molecular flexibility index (Phi) is 5.22. The maximum Gasteiger partial charge on any atom is 0.109 e. The van der Waals surface area contributed by atoms with Gasteiger partial charge < -0.3 is 9.47 Å². The number of aromatic nitrogens is 2. The van der Waals surface area contributed by atoms with Crippen LogP contribution in [0.3, 0.4) is 0 Å². The monoisotopic (exact) mass is 303 g/mol. The van der Waals surface area contributed by atoms with E-state index in [0.29, 0.717) is 0 Å². The van der Waals surface area contributed by atoms with Crippen LogP contribution in [-0.4, -0.2) is 34.1 Å². The van der Waals surface area contributed by atoms with E-state index in [4.69, 9.17) is 4.98 Å². The third-order valence-corrected chi connectivity index (χ3v) is 5.88. The zero-order chi connectivity index (χ0) is 15.5. The number of nitrogens with zero attached hydrogens (tertiary/aromatic N) is 3. The second-order valence-electron chi connectivity index (χ2n) is 7.80. The summed E-state index contributed by atoms with van der Waals surface area (Å²) in [6, 6.07) is 0. The Morgan fingerprint density at radius 2 is 1.95 bits per heavy atom. The van der Waals surface area contributed by atoms with Gasteiger partial charge >= 0.3 is 0 Å². The van der Waals surface area contributed by atoms with E-state index in [1.807, 2.05) is 0 Å². The lowest BCUT2D eigenvalue weighted by atomic mass is 9.86. The van der Waals surface area contributed by atoms with E-state index in [1.165, 1.54) is 76.2 Å². The predicted octanol–water partition coefficient (Wildman–Crippen LogP) is 3.77. The summed E-state index contributed by atoms with van der Waals surface area (Å²) in [6.07, 6.45) is 9.94. The normalized spacial score (nSPS) is 23.9. The van der Waals surface area contributed by atoms with Crippen molar-refractivity contribution in [3.63, 3.8) is 0 Å². The lowest BCUT2D eigenvalue weighted by molar-refractivity contribution is 0.182. The van der Waals surface area contributed by atoms with E-state index < -0.39 is 0 Å². The molecule has 124 valence electrons. The van der Waals surface area contributed by atoms with E-state index in [9.17, 15) is 0 Å². The third-order valence-electron chi connectivity index (χ3n) is 5.88. The van der Waals surface area contributed by atoms with Crippen LogP contribution < -0.4 is 0 Å². The van der Waals surface area contributed by atoms with Crippen LogP contribution in [-0.2, 0) is 19.4 Å². The van der Waals surface area contributed by atoms with Crippen molar-refractivity contribution in [3.8, 4) is 0 Å². The van der Waals surface area contributed by atoms with Crippen LogP contribution in [0.4, 0.5) is 0 Å². The molecule has 3 nitrogen and oxygen atoms in total. The standard InChI is InChI=1S/C19H33N3/c1-4-8-21-9-5-16(6-10-21)12-19-20-14-18-13-17(15(2)3)7-11-22(18)19/h14-17H,4-13H2,1-3H3. The van der Waals surface area contributed by atoms with Gasteiger partial charge in [0.2, 0.25) is 0 Å². The highest BCUT2D eigenvalue weighted by Gasteiger charge is 2.25. The van der Waals surface area contributed by atoms with Gasteiger partial charge in [0.1, 0.15) is 5.82 Å². The van der Waals surface area contributed by atoms with Crippen LogP contribution in [0.1, 0.15) is 58.0 Å². The van der Waals surface area contributed by atoms with Gasteiger partial charge in [-0.25, -0.2) is 4.98 Å². The molecule has 22 heavy (non-hydrogen) atoms. The summed E-state index contributed by atoms with van der Waals surface area (Å²) in [7, 11) is 0. The zero-order valence-corrected chi connectivity index (χ0v) is 14.7. The molecule has 2 aliphatic heterocycles. The minimum atomic E-state index is 0.801. The van der Waals surface area contributed by atoms with Gasteiger partial charge in [0.05, 0.1) is 0 Å². The first-order chi connectivity index (χ1) is 10.7. The van der Waals surface area contributed by atoms with Gasteiger partial charge in [-0.3, -0.25) is 0 Å². The number of hydrogen-bond donors (Lipinski definition) is 0. The fourth-order valence-electron chi connectivity index (χ4n) is 4.28. The van der Waals surface area contributed by atoms with Crippen LogP contribution in [0.5, 0.6) is 0 Å². The number of rotatable bonds is 5. The van der Waals surface area contributed by atoms with Crippen LogP contribution >= 0.6 is 0 Å². The maximum atomic E-state index is 4.79. The Morgan fingerprint density at radius 3 is 2.64 bits per heavy atom. The topological polar surface area (TPSA) is 21.1 Å². The van der Waals surface area contributed by atoms with Crippen LogP contribution in [0.15, 0.2) is 6.20 Å². The molecular formula is C19H33N3. The lowest BCUT2D eigenvalue weighted by Gasteiger charge is -2.32. The zero-order valence-electron chi connectivity index (χ0n) is 14.7. The molecule has 0 bridgehead atoms. The number of likely N-dealkylation sites (tertiary alicyclic amines) is 1. The van der Waals surface area contributed by atoms with Crippen molar-refractivity contribution in [3.05, 3.63) is 17.7 Å². The van der Waals surface area contributed by atoms with Gasteiger partial charge in [0.15, 0.2) is 0 Å². The average Bonchev–Trinajstić information content (AvgIpc) is 2.92. The summed E-state index contributed by atoms with van der Waals surface area (Å²) < 4.78 is 2.54. The Labute approximate surface area is 136 Å². The van der Waals surface area contributed by atoms with Crippen molar-refractivity contribution < 1.29 is 0 Å². The van der Waals surface area contributed by atoms with Gasteiger partial charge in [-0.05, 0) is 69.5 Å². The van der Waals surface area contributed by atoms with Crippen LogP contribution in [0, 0.1) is 17.8 Å². The highest BCUT2D eigenvalue weighted by Crippen LogP contribution is 2.29. The number of hydrogen-bond acceptors (Lipinski definition) is 2. The van der Waals surface area contributed by atoms with Gasteiger partial charge in [-0.2, -0.15) is 0 Å². The molecule has 0 saturated carbocycles. The van der Waals surface area contributed by atoms with Gasteiger partial charge in [0.25, 0.3) is 0 Å². The molecule has 1 aromatic rings. The van der Waals surface area contributed by atoms with Gasteiger partial charge in [-0.1, -0.05) is 20.8 Å². The molecule has 1 saturated heterocycles. The fourth-order valence-corrected chi connectivity index (χ4v) is 4.28. The summed E-state index contributed by atoms with van der Waals surface area (Å²) in [5.74, 6) is 3.87. The quantitative estimate of drug-likeness (QED) is 0.825. The van der Waals surface area contributed by atoms with Crippen LogP contribution in [0.25, 0.3) is 0 Å². The fraction of sp³-hybridized carbons (Fsp3) is 0.842. The summed E-state index contributed by atoms with van der Waals surface area (Å²) in [6.45, 7) is 12.1. The Morgan fingerprint density at radius 1 is 1.18 bits per heavy atom. The SMILES string of the molecule is CCCN1CCC(Cc2ncc3n2CCC(C(C)C)C3)CC1. The Hall–Kier alpha value is -0.830. The number of fused-ring (bicyclic) bond motifs is 1. The second-order valence-corrected chi connectivity index (χ2v) is 7.80. The molecule has 1 atom stereocenters. The van der Waals surface area contributed by atoms with Crippen molar-refractivity contribution >= 4 is 0 Å². The van der Waals surface area contributed by atoms with E-state index in [2.05, 4.69) is 36.4 Å². The van der Waals surface area contributed by atoms with Crippen molar-refractivity contribution in [2.45, 2.75) is 65.8 Å². The van der Waals surface area contributed by atoms with Crippen LogP contribution in [0.2, 0.25) is 0 Å². The molecule has 3 heteroatoms. The molecule has 0 amide bonds. The number of imidazole rings is 1. The van der Waals surface area contributed by atoms with Gasteiger partial charge in [-0.15, -0.1) is 0 Å². The average molecular weight is 303 g/mol. The van der Waals surface area contributed by atoms with Crippen molar-refractivity contribution in [2.24, 2.45) is 17.8 Å². The molecule has 3 rings (SSSR count). The summed E-state index contributed by atoms with van der Waals surface area (Å²) >= 11 is 0. The molecule has 2 aliphatic rings. The minimum absolute atomic E-state index is 0.801. The first kappa shape index (κ1) is 16.0. The molecule has 1 aromatic heterocycles. The molecule has 1 unspecified atom stereocenters. The number of piperidine rings is 1. The molecule has 0 spiro atoms. The highest BCUT2D eigenvalue weighted by molar-refractivity contribution is 5.10. The molecule has 1 fully saturated rings. The van der Waals surface area contributed by atoms with Crippen molar-refractivity contribution in [1.29, 1.82) is 0 Å². The van der Waals surface area contributed by atoms with E-state index in [-0.39, 0.29) is 0 Å². The summed E-state index contributed by atoms with van der Waals surface area (Å²) in [5.41, 5.74) is 1.49. The van der Waals surface area contributed by atoms with E-state index in [1.54, 1.807) is 0 Å². The van der Waals surface area contributed by atoms with Gasteiger partial charge in [0, 0.05) is 24.9 Å². The predicted molar refractivity (Wildman–Crippen MR) is 92.0 cm³/mol. The minimum Gasteiger partial charge on any atom is -0.332 e. The Balaban J connectivity index is 1.57. The molecule has 0 radical (unpaired) electrons. The molecular weight excluding hydrogens is 270 g/mol. The Bertz CT molecular complexity index is 469. The molecule has 0 aliphatic carbocycles. The lowest BCUT2D eigenvalue weighted by Crippen LogP contribution is -2.35. The van der Waals surface area contributed by atoms with Crippen molar-refractivity contribution in [1.82, 2.24) is 14.5 Å². The first-order valence-corrected chi connectivity index (χ1v) is 9.43. The molecule has 0 aromatic carbocycles. The highest BCUT2D eigenvalue weighted by atomic mass is 15.1. The largest absolute Gasteiger partial charge is 0.332 e. The first-order valence-electron chi connectivity index (χ1n) is 9.43. The van der Waals surface area contributed by atoms with Crippen molar-refractivity contribution in [2.75, 3.05) is 19.6 Å². The third kappa shape index (κ3) is 3.56. The molecule has 0 N–H and O–H groups in total. The maximum absolute atomic E-state index is 4.79.